The minimum atomic E-state index is -5.14. The maximum Gasteiger partial charge on any atom is 0.416 e. The van der Waals surface area contributed by atoms with Crippen molar-refractivity contribution in [3.8, 4) is 0 Å². The molecule has 1 aromatic heterocycles. The Bertz CT molecular complexity index is 1550. The van der Waals surface area contributed by atoms with E-state index in [4.69, 9.17) is 5.73 Å². The van der Waals surface area contributed by atoms with Gasteiger partial charge < -0.3 is 15.8 Å². The van der Waals surface area contributed by atoms with E-state index in [0.717, 1.165) is 18.3 Å². The van der Waals surface area contributed by atoms with Gasteiger partial charge in [-0.05, 0) is 65.9 Å². The molecule has 2 heterocycles. The lowest BCUT2D eigenvalue weighted by Gasteiger charge is -2.49. The summed E-state index contributed by atoms with van der Waals surface area (Å²) in [7, 11) is 0. The summed E-state index contributed by atoms with van der Waals surface area (Å²) < 4.78 is 121. The van der Waals surface area contributed by atoms with Crippen LogP contribution in [0.2, 0.25) is 0 Å². The summed E-state index contributed by atoms with van der Waals surface area (Å²) in [6, 6.07) is 3.24. The first-order valence-corrected chi connectivity index (χ1v) is 12.1. The molecule has 0 spiro atoms. The van der Waals surface area contributed by atoms with E-state index in [1.165, 1.54) is 6.92 Å². The Hall–Kier alpha value is -4.08. The molecule has 0 aliphatic carbocycles. The number of carbonyl (C=O) groups is 1. The lowest BCUT2D eigenvalue weighted by atomic mass is 9.75. The molecule has 2 atom stereocenters. The number of nitrogens with one attached hydrogen (secondary N) is 1. The van der Waals surface area contributed by atoms with Crippen molar-refractivity contribution < 1.29 is 49.4 Å². The van der Waals surface area contributed by atoms with Crippen molar-refractivity contribution in [1.82, 2.24) is 9.97 Å². The molecule has 226 valence electrons. The third-order valence-electron chi connectivity index (χ3n) is 7.16. The molecule has 2 unspecified atom stereocenters. The third-order valence-corrected chi connectivity index (χ3v) is 7.16. The van der Waals surface area contributed by atoms with E-state index in [1.807, 2.05) is 0 Å². The number of fused-ring (bicyclic) bond motifs is 1. The molecule has 7 nitrogen and oxygen atoms in total. The van der Waals surface area contributed by atoms with E-state index in [1.54, 1.807) is 0 Å². The van der Waals surface area contributed by atoms with E-state index >= 15 is 0 Å². The van der Waals surface area contributed by atoms with Gasteiger partial charge in [0.1, 0.15) is 5.66 Å². The number of hydrogen-bond donors (Lipinski definition) is 3. The van der Waals surface area contributed by atoms with Gasteiger partial charge >= 0.3 is 30.3 Å². The minimum absolute atomic E-state index is 0.0570. The molecule has 4 rings (SSSR count). The van der Waals surface area contributed by atoms with Crippen LogP contribution in [0, 0.1) is 0 Å². The third kappa shape index (κ3) is 5.80. The number of alkyl halides is 9. The Labute approximate surface area is 230 Å². The topological polar surface area (TPSA) is 112 Å². The molecular formula is C26H21F9N4O3. The summed E-state index contributed by atoms with van der Waals surface area (Å²) in [4.78, 5) is 31.2. The molecule has 0 fully saturated rings. The lowest BCUT2D eigenvalue weighted by molar-refractivity contribution is -0.143. The van der Waals surface area contributed by atoms with Crippen LogP contribution in [0.1, 0.15) is 58.3 Å². The highest BCUT2D eigenvalue weighted by atomic mass is 19.4. The van der Waals surface area contributed by atoms with Gasteiger partial charge in [0.25, 0.3) is 0 Å². The van der Waals surface area contributed by atoms with Gasteiger partial charge in [-0.1, -0.05) is 6.92 Å². The van der Waals surface area contributed by atoms with Gasteiger partial charge in [0.2, 0.25) is 0 Å². The zero-order valence-corrected chi connectivity index (χ0v) is 21.4. The van der Waals surface area contributed by atoms with Crippen LogP contribution in [0.4, 0.5) is 50.0 Å². The number of aromatic amines is 1. The summed E-state index contributed by atoms with van der Waals surface area (Å²) in [6.07, 6.45) is -17.0. The first-order chi connectivity index (χ1) is 19.3. The van der Waals surface area contributed by atoms with Gasteiger partial charge in [0, 0.05) is 24.2 Å². The Morgan fingerprint density at radius 2 is 1.57 bits per heavy atom. The van der Waals surface area contributed by atoms with Crippen LogP contribution in [-0.4, -0.2) is 26.8 Å². The van der Waals surface area contributed by atoms with Crippen molar-refractivity contribution in [3.63, 3.8) is 0 Å². The van der Waals surface area contributed by atoms with Crippen molar-refractivity contribution in [2.75, 3.05) is 4.90 Å². The molecule has 2 aromatic carbocycles. The second kappa shape index (κ2) is 10.3. The normalized spacial score (nSPS) is 19.5. The molecule has 42 heavy (non-hydrogen) atoms. The molecule has 0 saturated heterocycles. The molecule has 4 N–H and O–H groups in total. The van der Waals surface area contributed by atoms with Crippen molar-refractivity contribution in [1.29, 1.82) is 0 Å². The largest absolute Gasteiger partial charge is 0.465 e. The fourth-order valence-corrected chi connectivity index (χ4v) is 5.18. The Morgan fingerprint density at radius 3 is 2.07 bits per heavy atom. The summed E-state index contributed by atoms with van der Waals surface area (Å²) >= 11 is 0. The van der Waals surface area contributed by atoms with Crippen molar-refractivity contribution in [2.45, 2.75) is 56.3 Å². The fourth-order valence-electron chi connectivity index (χ4n) is 5.18. The number of H-pyrrole nitrogens is 1. The molecular weight excluding hydrogens is 587 g/mol. The molecule has 3 aromatic rings. The number of benzene rings is 2. The van der Waals surface area contributed by atoms with Crippen molar-refractivity contribution in [2.24, 2.45) is 5.73 Å². The summed E-state index contributed by atoms with van der Waals surface area (Å²) in [5.74, 6) is -1.30. The van der Waals surface area contributed by atoms with Gasteiger partial charge in [-0.25, -0.2) is 14.6 Å². The number of hydrogen-bond acceptors (Lipinski definition) is 4. The smallest absolute Gasteiger partial charge is 0.416 e. The average molecular weight is 608 g/mol. The number of amides is 1. The minimum Gasteiger partial charge on any atom is -0.465 e. The van der Waals surface area contributed by atoms with Crippen LogP contribution < -0.4 is 16.3 Å². The average Bonchev–Trinajstić information content (AvgIpc) is 2.87. The first-order valence-electron chi connectivity index (χ1n) is 12.1. The number of aromatic nitrogens is 2. The second-order valence-electron chi connectivity index (χ2n) is 9.78. The SMILES string of the molecule is CCC1(N)C(c2[nH]c(=O)ncc2Cc2cc(C(F)(F)F)cc(C(F)(F)F)c2)Cc2cc(C(F)(F)F)ccc2N1C(=O)O. The fraction of sp³-hybridized carbons (Fsp3) is 0.346. The van der Waals surface area contributed by atoms with E-state index in [9.17, 15) is 54.2 Å². The molecule has 1 aliphatic rings. The Balaban J connectivity index is 1.91. The highest BCUT2D eigenvalue weighted by Crippen LogP contribution is 2.46. The Kier molecular flexibility index (Phi) is 7.59. The van der Waals surface area contributed by atoms with Gasteiger partial charge in [-0.3, -0.25) is 4.90 Å². The van der Waals surface area contributed by atoms with Crippen LogP contribution in [0.15, 0.2) is 47.4 Å². The van der Waals surface area contributed by atoms with Crippen LogP contribution in [-0.2, 0) is 31.4 Å². The molecule has 1 aliphatic heterocycles. The highest BCUT2D eigenvalue weighted by Gasteiger charge is 2.49. The zero-order chi connectivity index (χ0) is 31.4. The predicted molar refractivity (Wildman–Crippen MR) is 130 cm³/mol. The monoisotopic (exact) mass is 608 g/mol. The quantitative estimate of drug-likeness (QED) is 0.301. The number of nitrogens with two attached hydrogens (primary N) is 1. The predicted octanol–water partition coefficient (Wildman–Crippen LogP) is 6.31. The maximum absolute atomic E-state index is 13.5. The first kappa shape index (κ1) is 30.9. The molecule has 0 bridgehead atoms. The van der Waals surface area contributed by atoms with Crippen molar-refractivity contribution >= 4 is 11.8 Å². The van der Waals surface area contributed by atoms with Gasteiger partial charge in [0.05, 0.1) is 22.4 Å². The number of carboxylic acid groups (broad SMARTS) is 1. The number of rotatable bonds is 4. The van der Waals surface area contributed by atoms with Gasteiger partial charge in [-0.2, -0.15) is 39.5 Å². The Morgan fingerprint density at radius 1 is 1.00 bits per heavy atom. The highest BCUT2D eigenvalue weighted by molar-refractivity contribution is 5.90. The van der Waals surface area contributed by atoms with Crippen molar-refractivity contribution in [3.05, 3.63) is 92.2 Å². The lowest BCUT2D eigenvalue weighted by Crippen LogP contribution is -2.64. The molecule has 16 heteroatoms. The van der Waals surface area contributed by atoms with Crippen LogP contribution in [0.5, 0.6) is 0 Å². The van der Waals surface area contributed by atoms with E-state index < -0.39 is 70.6 Å². The summed E-state index contributed by atoms with van der Waals surface area (Å²) in [5.41, 5.74) is -1.67. The van der Waals surface area contributed by atoms with Gasteiger partial charge in [0.15, 0.2) is 0 Å². The standard InChI is InChI=1S/C26H21F9N4O3/c1-2-23(36)18(9-13-8-15(24(27,28)29)3-4-19(13)39(23)22(41)42)20-14(11-37-21(40)38-20)5-12-6-16(25(30,31)32)10-17(7-12)26(33,34)35/h3-4,6-8,10-11,18H,2,5,9,36H2,1H3,(H,41,42)(H,37,38,40). The maximum atomic E-state index is 13.5. The van der Waals surface area contributed by atoms with E-state index in [-0.39, 0.29) is 41.4 Å². The molecule has 0 radical (unpaired) electrons. The number of nitrogens with zero attached hydrogens (tertiary/aromatic N) is 2. The van der Waals surface area contributed by atoms with E-state index in [0.29, 0.717) is 23.1 Å². The van der Waals surface area contributed by atoms with Gasteiger partial charge in [-0.15, -0.1) is 0 Å². The summed E-state index contributed by atoms with van der Waals surface area (Å²) in [5, 5.41) is 10.0. The number of halogens is 9. The zero-order valence-electron chi connectivity index (χ0n) is 21.4. The van der Waals surface area contributed by atoms with Crippen LogP contribution >= 0.6 is 0 Å². The van der Waals surface area contributed by atoms with Crippen LogP contribution in [0.25, 0.3) is 0 Å². The molecule has 0 saturated carbocycles. The molecule has 1 amide bonds. The summed E-state index contributed by atoms with van der Waals surface area (Å²) in [6.45, 7) is 1.47. The van der Waals surface area contributed by atoms with Crippen LogP contribution in [0.3, 0.4) is 0 Å². The van der Waals surface area contributed by atoms with E-state index in [2.05, 4.69) is 9.97 Å². The number of anilines is 1. The second-order valence-corrected chi connectivity index (χ2v) is 9.78.